The number of rotatable bonds is 5. The lowest BCUT2D eigenvalue weighted by atomic mass is 9.59. The number of imidazole rings is 1. The van der Waals surface area contributed by atoms with Crippen molar-refractivity contribution in [3.8, 4) is 6.01 Å². The maximum Gasteiger partial charge on any atom is 0.297 e. The predicted octanol–water partition coefficient (Wildman–Crippen LogP) is 2.07. The molecule has 1 aromatic heterocycles. The molecule has 1 unspecified atom stereocenters. The second-order valence-electron chi connectivity index (χ2n) is 11.0. The lowest BCUT2D eigenvalue weighted by molar-refractivity contribution is -0.186. The first-order valence-electron chi connectivity index (χ1n) is 11.7. The van der Waals surface area contributed by atoms with Crippen LogP contribution >= 0.6 is 0 Å². The van der Waals surface area contributed by atoms with E-state index in [4.69, 9.17) is 4.74 Å². The monoisotopic (exact) mass is 460 g/mol. The Morgan fingerprint density at radius 3 is 2.76 bits per heavy atom. The summed E-state index contributed by atoms with van der Waals surface area (Å²) in [6, 6.07) is 0.108. The third kappa shape index (κ3) is 2.71. The van der Waals surface area contributed by atoms with Gasteiger partial charge in [0.1, 0.15) is 12.8 Å². The summed E-state index contributed by atoms with van der Waals surface area (Å²) in [6.07, 6.45) is 4.68. The molecule has 0 aromatic carbocycles. The molecule has 1 spiro atoms. The van der Waals surface area contributed by atoms with Crippen LogP contribution in [0.1, 0.15) is 34.1 Å². The zero-order valence-corrected chi connectivity index (χ0v) is 19.5. The number of carbonyl (C=O) groups is 1. The largest absolute Gasteiger partial charge is 0.454 e. The average Bonchev–Trinajstić information content (AvgIpc) is 3.04. The molecule has 2 saturated carbocycles. The minimum Gasteiger partial charge on any atom is -0.454 e. The van der Waals surface area contributed by atoms with Gasteiger partial charge in [-0.3, -0.25) is 9.36 Å². The Morgan fingerprint density at radius 2 is 2.09 bits per heavy atom. The van der Waals surface area contributed by atoms with Gasteiger partial charge in [0.15, 0.2) is 17.5 Å². The number of fused-ring (bicyclic) bond motifs is 3. The fraction of sp³-hybridized carbons (Fsp3) is 0.680. The fourth-order valence-electron chi connectivity index (χ4n) is 7.37. The van der Waals surface area contributed by atoms with Gasteiger partial charge in [-0.05, 0) is 47.7 Å². The maximum atomic E-state index is 14.3. The number of nitrogens with zero attached hydrogens (tertiary/aromatic N) is 2. The van der Waals surface area contributed by atoms with Crippen molar-refractivity contribution < 1.29 is 29.2 Å². The third-order valence-corrected chi connectivity index (χ3v) is 9.12. The molecule has 1 aromatic rings. The molecule has 8 heteroatoms. The summed E-state index contributed by atoms with van der Waals surface area (Å²) in [5.41, 5.74) is -2.59. The lowest BCUT2D eigenvalue weighted by Gasteiger charge is -2.48. The molecule has 1 heterocycles. The molecule has 0 radical (unpaired) electrons. The van der Waals surface area contributed by atoms with Crippen molar-refractivity contribution in [2.45, 2.75) is 58.5 Å². The van der Waals surface area contributed by atoms with Crippen LogP contribution in [-0.4, -0.2) is 61.7 Å². The Morgan fingerprint density at radius 1 is 1.36 bits per heavy atom. The summed E-state index contributed by atoms with van der Waals surface area (Å²) in [6.45, 7) is 7.00. The minimum atomic E-state index is -2.04. The molecule has 4 aliphatic carbocycles. The van der Waals surface area contributed by atoms with Gasteiger partial charge in [0.05, 0.1) is 18.6 Å². The molecular weight excluding hydrogens is 427 g/mol. The van der Waals surface area contributed by atoms with Gasteiger partial charge < -0.3 is 20.1 Å². The van der Waals surface area contributed by atoms with Crippen molar-refractivity contribution in [3.63, 3.8) is 0 Å². The number of ketones is 1. The molecule has 0 amide bonds. The molecule has 0 aliphatic heterocycles. The second-order valence-corrected chi connectivity index (χ2v) is 11.0. The number of halogens is 1. The van der Waals surface area contributed by atoms with Crippen LogP contribution in [0.3, 0.4) is 0 Å². The lowest BCUT2D eigenvalue weighted by Crippen LogP contribution is -2.66. The molecule has 33 heavy (non-hydrogen) atoms. The Bertz CT molecular complexity index is 1050. The SMILES string of the molecule is CC1=CC23C(=O)[C@@H](C=C(CO)[C@@H](O)[C@]2(O)[C@H]1Oc1nccn1CCF)[C@H]1[C@@H](C[C@H]3C)C1(C)C. The number of aliphatic hydroxyl groups excluding tert-OH is 2. The molecule has 8 atom stereocenters. The second kappa shape index (κ2) is 7.23. The van der Waals surface area contributed by atoms with Crippen molar-refractivity contribution in [2.75, 3.05) is 13.3 Å². The number of carbonyl (C=O) groups excluding carboxylic acids is 1. The highest BCUT2D eigenvalue weighted by atomic mass is 19.1. The first-order valence-corrected chi connectivity index (χ1v) is 11.7. The van der Waals surface area contributed by atoms with Gasteiger partial charge in [-0.15, -0.1) is 0 Å². The normalized spacial score (nSPS) is 43.1. The molecule has 2 bridgehead atoms. The summed E-state index contributed by atoms with van der Waals surface area (Å²) >= 11 is 0. The van der Waals surface area contributed by atoms with E-state index in [1.807, 2.05) is 6.92 Å². The zero-order chi connectivity index (χ0) is 23.9. The number of alkyl halides is 1. The van der Waals surface area contributed by atoms with Gasteiger partial charge in [-0.2, -0.15) is 0 Å². The van der Waals surface area contributed by atoms with E-state index in [9.17, 15) is 24.5 Å². The molecular formula is C25H33FN2O5. The number of aromatic nitrogens is 2. The molecule has 5 rings (SSSR count). The minimum absolute atomic E-state index is 0.0228. The summed E-state index contributed by atoms with van der Waals surface area (Å²) < 4.78 is 20.7. The Labute approximate surface area is 193 Å². The Balaban J connectivity index is 1.66. The van der Waals surface area contributed by atoms with E-state index in [-0.39, 0.29) is 41.2 Å². The van der Waals surface area contributed by atoms with Crippen LogP contribution in [-0.2, 0) is 11.3 Å². The summed E-state index contributed by atoms with van der Waals surface area (Å²) in [5.74, 6) is -0.481. The van der Waals surface area contributed by atoms with Crippen LogP contribution in [0.2, 0.25) is 0 Å². The summed E-state index contributed by atoms with van der Waals surface area (Å²) in [7, 11) is 0. The van der Waals surface area contributed by atoms with E-state index < -0.39 is 42.4 Å². The first kappa shape index (κ1) is 22.7. The van der Waals surface area contributed by atoms with Crippen molar-refractivity contribution in [2.24, 2.45) is 34.5 Å². The van der Waals surface area contributed by atoms with Crippen LogP contribution in [0.15, 0.2) is 35.7 Å². The number of allylic oxidation sites excluding steroid dienone is 1. The van der Waals surface area contributed by atoms with E-state index in [2.05, 4.69) is 18.8 Å². The van der Waals surface area contributed by atoms with Crippen LogP contribution in [0, 0.1) is 34.5 Å². The van der Waals surface area contributed by atoms with Crippen LogP contribution < -0.4 is 4.74 Å². The van der Waals surface area contributed by atoms with Crippen molar-refractivity contribution in [3.05, 3.63) is 35.7 Å². The highest BCUT2D eigenvalue weighted by molar-refractivity contribution is 5.95. The highest BCUT2D eigenvalue weighted by Gasteiger charge is 2.76. The fourth-order valence-corrected chi connectivity index (χ4v) is 7.37. The number of hydrogen-bond acceptors (Lipinski definition) is 6. The molecule has 7 nitrogen and oxygen atoms in total. The number of Topliss-reactive ketones (excluding diaryl/α,β-unsaturated/α-hetero) is 1. The maximum absolute atomic E-state index is 14.3. The number of aryl methyl sites for hydroxylation is 1. The first-order chi connectivity index (χ1) is 15.5. The molecule has 2 fully saturated rings. The van der Waals surface area contributed by atoms with Gasteiger partial charge in [0.25, 0.3) is 6.01 Å². The number of aliphatic hydroxyl groups is 3. The van der Waals surface area contributed by atoms with E-state index in [1.165, 1.54) is 10.8 Å². The van der Waals surface area contributed by atoms with E-state index in [0.29, 0.717) is 11.5 Å². The van der Waals surface area contributed by atoms with Gasteiger partial charge in [-0.1, -0.05) is 32.9 Å². The van der Waals surface area contributed by atoms with Crippen LogP contribution in [0.25, 0.3) is 0 Å². The van der Waals surface area contributed by atoms with Crippen molar-refractivity contribution in [1.82, 2.24) is 9.55 Å². The van der Waals surface area contributed by atoms with E-state index in [1.54, 1.807) is 25.3 Å². The quantitative estimate of drug-likeness (QED) is 0.581. The standard InChI is InChI=1S/C25H33FN2O5/c1-13-11-24-14(2)9-17-18(23(17,3)4)16(20(24)31)10-15(12-29)19(30)25(24,32)21(13)33-22-27-6-8-28(22)7-5-26/h6,8,10-11,14,16-19,21,29-30,32H,5,7,9,12H2,1-4H3/t14-,16+,17-,18+,19-,21+,24?,25+/m1/s1. The zero-order valence-electron chi connectivity index (χ0n) is 19.5. The van der Waals surface area contributed by atoms with Crippen LogP contribution in [0.4, 0.5) is 4.39 Å². The van der Waals surface area contributed by atoms with Gasteiger partial charge in [-0.25, -0.2) is 9.37 Å². The van der Waals surface area contributed by atoms with Gasteiger partial charge in [0.2, 0.25) is 0 Å². The Hall–Kier alpha value is -2.03. The van der Waals surface area contributed by atoms with Gasteiger partial charge >= 0.3 is 0 Å². The van der Waals surface area contributed by atoms with Crippen molar-refractivity contribution >= 4 is 5.78 Å². The molecule has 180 valence electrons. The Kier molecular flexibility index (Phi) is 4.99. The molecule has 4 aliphatic rings. The smallest absolute Gasteiger partial charge is 0.297 e. The molecule has 0 saturated heterocycles. The van der Waals surface area contributed by atoms with Crippen LogP contribution in [0.5, 0.6) is 6.01 Å². The van der Waals surface area contributed by atoms with Crippen molar-refractivity contribution in [1.29, 1.82) is 0 Å². The van der Waals surface area contributed by atoms with E-state index >= 15 is 0 Å². The number of hydrogen-bond donors (Lipinski definition) is 3. The topological polar surface area (TPSA) is 105 Å². The predicted molar refractivity (Wildman–Crippen MR) is 118 cm³/mol. The van der Waals surface area contributed by atoms with Gasteiger partial charge in [0, 0.05) is 18.3 Å². The highest BCUT2D eigenvalue weighted by Crippen LogP contribution is 2.71. The summed E-state index contributed by atoms with van der Waals surface area (Å²) in [4.78, 5) is 18.5. The van der Waals surface area contributed by atoms with E-state index in [0.717, 1.165) is 6.42 Å². The summed E-state index contributed by atoms with van der Waals surface area (Å²) in [5, 5.41) is 34.1. The average molecular weight is 461 g/mol. The number of ether oxygens (including phenoxy) is 1. The third-order valence-electron chi connectivity index (χ3n) is 9.12. The molecule has 3 N–H and O–H groups in total.